The van der Waals surface area contributed by atoms with Crippen molar-refractivity contribution in [1.29, 1.82) is 0 Å². The average molecular weight is 439 g/mol. The first-order valence-corrected chi connectivity index (χ1v) is 11.3. The van der Waals surface area contributed by atoms with Gasteiger partial charge in [0.05, 0.1) is 29.3 Å². The van der Waals surface area contributed by atoms with Crippen LogP contribution in [0.25, 0.3) is 0 Å². The number of nitrogens with one attached hydrogen (secondary N) is 1. The highest BCUT2D eigenvalue weighted by Crippen LogP contribution is 2.27. The van der Waals surface area contributed by atoms with Gasteiger partial charge in [0.1, 0.15) is 5.75 Å². The maximum Gasteiger partial charge on any atom is 0.264 e. The van der Waals surface area contributed by atoms with Crippen LogP contribution >= 0.6 is 0 Å². The first kappa shape index (κ1) is 22.4. The van der Waals surface area contributed by atoms with E-state index >= 15 is 0 Å². The second-order valence-electron chi connectivity index (χ2n) is 7.27. The Morgan fingerprint density at radius 2 is 1.58 bits per heavy atom. The molecule has 0 unspecified atom stereocenters. The van der Waals surface area contributed by atoms with Gasteiger partial charge in [-0.25, -0.2) is 8.42 Å². The lowest BCUT2D eigenvalue weighted by Gasteiger charge is -2.23. The number of methoxy groups -OCH3 is 1. The summed E-state index contributed by atoms with van der Waals surface area (Å²) in [4.78, 5) is 13.2. The van der Waals surface area contributed by atoms with Crippen LogP contribution in [0.3, 0.4) is 0 Å². The lowest BCUT2D eigenvalue weighted by atomic mass is 10.1. The SMILES string of the molecule is COc1ccc([C@@H](C)NC(=O)c2ccccc2N(C)S(=O)(=O)c2ccc(C)cc2)cc1. The van der Waals surface area contributed by atoms with Crippen molar-refractivity contribution in [3.05, 3.63) is 89.5 Å². The lowest BCUT2D eigenvalue weighted by Crippen LogP contribution is -2.31. The van der Waals surface area contributed by atoms with Crippen LogP contribution in [0.2, 0.25) is 0 Å². The van der Waals surface area contributed by atoms with E-state index in [2.05, 4.69) is 5.32 Å². The molecule has 0 aromatic heterocycles. The van der Waals surface area contributed by atoms with Gasteiger partial charge in [-0.1, -0.05) is 42.0 Å². The molecule has 162 valence electrons. The summed E-state index contributed by atoms with van der Waals surface area (Å²) in [5.41, 5.74) is 2.46. The van der Waals surface area contributed by atoms with Gasteiger partial charge in [-0.15, -0.1) is 0 Å². The molecule has 3 rings (SSSR count). The minimum Gasteiger partial charge on any atom is -0.497 e. The second-order valence-corrected chi connectivity index (χ2v) is 9.24. The van der Waals surface area contributed by atoms with E-state index < -0.39 is 10.0 Å². The molecule has 0 fully saturated rings. The van der Waals surface area contributed by atoms with Gasteiger partial charge in [0, 0.05) is 7.05 Å². The van der Waals surface area contributed by atoms with Gasteiger partial charge in [-0.3, -0.25) is 9.10 Å². The molecular formula is C24H26N2O4S. The van der Waals surface area contributed by atoms with Gasteiger partial charge < -0.3 is 10.1 Å². The van der Waals surface area contributed by atoms with E-state index in [0.717, 1.165) is 21.2 Å². The predicted octanol–water partition coefficient (Wildman–Crippen LogP) is 4.32. The number of hydrogen-bond acceptors (Lipinski definition) is 4. The van der Waals surface area contributed by atoms with E-state index in [0.29, 0.717) is 5.69 Å². The Hall–Kier alpha value is -3.32. The molecule has 1 amide bonds. The number of anilines is 1. The van der Waals surface area contributed by atoms with Gasteiger partial charge in [-0.2, -0.15) is 0 Å². The van der Waals surface area contributed by atoms with Crippen molar-refractivity contribution in [2.24, 2.45) is 0 Å². The fourth-order valence-electron chi connectivity index (χ4n) is 3.19. The Morgan fingerprint density at radius 3 is 2.19 bits per heavy atom. The Balaban J connectivity index is 1.86. The highest BCUT2D eigenvalue weighted by molar-refractivity contribution is 7.92. The molecule has 3 aromatic rings. The number of ether oxygens (including phenoxy) is 1. The molecule has 31 heavy (non-hydrogen) atoms. The smallest absolute Gasteiger partial charge is 0.264 e. The van der Waals surface area contributed by atoms with Crippen LogP contribution in [0.1, 0.15) is 34.5 Å². The van der Waals surface area contributed by atoms with Crippen molar-refractivity contribution in [1.82, 2.24) is 5.32 Å². The first-order chi connectivity index (χ1) is 14.7. The molecular weight excluding hydrogens is 412 g/mol. The molecule has 0 bridgehead atoms. The van der Waals surface area contributed by atoms with Crippen LogP contribution in [-0.4, -0.2) is 28.5 Å². The van der Waals surface area contributed by atoms with Crippen molar-refractivity contribution in [3.8, 4) is 5.75 Å². The summed E-state index contributed by atoms with van der Waals surface area (Å²) >= 11 is 0. The molecule has 1 N–H and O–H groups in total. The summed E-state index contributed by atoms with van der Waals surface area (Å²) in [6.07, 6.45) is 0. The van der Waals surface area contributed by atoms with Gasteiger partial charge in [0.25, 0.3) is 15.9 Å². The van der Waals surface area contributed by atoms with Crippen molar-refractivity contribution < 1.29 is 17.9 Å². The monoisotopic (exact) mass is 438 g/mol. The number of benzene rings is 3. The molecule has 7 heteroatoms. The summed E-state index contributed by atoms with van der Waals surface area (Å²) in [6.45, 7) is 3.76. The third kappa shape index (κ3) is 4.88. The van der Waals surface area contributed by atoms with Crippen LogP contribution in [0, 0.1) is 6.92 Å². The normalized spacial score (nSPS) is 12.1. The van der Waals surface area contributed by atoms with Crippen LogP contribution < -0.4 is 14.4 Å². The van der Waals surface area contributed by atoms with Gasteiger partial charge in [-0.05, 0) is 55.8 Å². The van der Waals surface area contributed by atoms with E-state index in [4.69, 9.17) is 4.74 Å². The molecule has 0 aliphatic carbocycles. The number of carbonyl (C=O) groups is 1. The fraction of sp³-hybridized carbons (Fsp3) is 0.208. The molecule has 0 saturated carbocycles. The number of amides is 1. The minimum atomic E-state index is -3.81. The predicted molar refractivity (Wildman–Crippen MR) is 122 cm³/mol. The van der Waals surface area contributed by atoms with Gasteiger partial charge in [0.2, 0.25) is 0 Å². The quantitative estimate of drug-likeness (QED) is 0.596. The maximum atomic E-state index is 13.1. The zero-order valence-corrected chi connectivity index (χ0v) is 18.8. The Kier molecular flexibility index (Phi) is 6.65. The summed E-state index contributed by atoms with van der Waals surface area (Å²) in [7, 11) is -0.766. The maximum absolute atomic E-state index is 13.1. The molecule has 1 atom stereocenters. The van der Waals surface area contributed by atoms with Gasteiger partial charge in [0.15, 0.2) is 0 Å². The Morgan fingerprint density at radius 1 is 0.968 bits per heavy atom. The minimum absolute atomic E-state index is 0.169. The van der Waals surface area contributed by atoms with Crippen LogP contribution in [0.5, 0.6) is 5.75 Å². The van der Waals surface area contributed by atoms with Gasteiger partial charge >= 0.3 is 0 Å². The standard InChI is InChI=1S/C24H26N2O4S/c1-17-9-15-21(16-10-17)31(28,29)26(3)23-8-6-5-7-22(23)24(27)25-18(2)19-11-13-20(30-4)14-12-19/h5-16,18H,1-4H3,(H,25,27)/t18-/m1/s1. The highest BCUT2D eigenvalue weighted by Gasteiger charge is 2.25. The third-order valence-corrected chi connectivity index (χ3v) is 6.92. The molecule has 3 aromatic carbocycles. The summed E-state index contributed by atoms with van der Waals surface area (Å²) in [6, 6.07) is 20.4. The summed E-state index contributed by atoms with van der Waals surface area (Å²) < 4.78 is 32.5. The fourth-order valence-corrected chi connectivity index (χ4v) is 4.40. The van der Waals surface area contributed by atoms with Crippen molar-refractivity contribution in [2.45, 2.75) is 24.8 Å². The number of para-hydroxylation sites is 1. The number of aryl methyl sites for hydroxylation is 1. The number of carbonyl (C=O) groups excluding carboxylic acids is 1. The molecule has 0 spiro atoms. The number of sulfonamides is 1. The van der Waals surface area contributed by atoms with Crippen LogP contribution in [0.15, 0.2) is 77.7 Å². The largest absolute Gasteiger partial charge is 0.497 e. The molecule has 0 aliphatic heterocycles. The zero-order valence-electron chi connectivity index (χ0n) is 18.0. The van der Waals surface area contributed by atoms with Crippen molar-refractivity contribution in [3.63, 3.8) is 0 Å². The highest BCUT2D eigenvalue weighted by atomic mass is 32.2. The number of rotatable bonds is 7. The molecule has 0 aliphatic rings. The Labute approximate surface area is 183 Å². The second kappa shape index (κ2) is 9.22. The zero-order chi connectivity index (χ0) is 22.6. The van der Waals surface area contributed by atoms with E-state index in [-0.39, 0.29) is 22.4 Å². The molecule has 0 radical (unpaired) electrons. The summed E-state index contributed by atoms with van der Waals surface area (Å²) in [5, 5.41) is 2.94. The van der Waals surface area contributed by atoms with E-state index in [1.165, 1.54) is 7.05 Å². The van der Waals surface area contributed by atoms with Crippen molar-refractivity contribution >= 4 is 21.6 Å². The molecule has 0 heterocycles. The number of hydrogen-bond donors (Lipinski definition) is 1. The molecule has 6 nitrogen and oxygen atoms in total. The topological polar surface area (TPSA) is 75.7 Å². The first-order valence-electron chi connectivity index (χ1n) is 9.83. The number of nitrogens with zero attached hydrogens (tertiary/aromatic N) is 1. The summed E-state index contributed by atoms with van der Waals surface area (Å²) in [5.74, 6) is 0.375. The van der Waals surface area contributed by atoms with Crippen molar-refractivity contribution in [2.75, 3.05) is 18.5 Å². The molecule has 0 saturated heterocycles. The average Bonchev–Trinajstić information content (AvgIpc) is 2.78. The van der Waals surface area contributed by atoms with E-state index in [9.17, 15) is 13.2 Å². The van der Waals surface area contributed by atoms with Crippen LogP contribution in [0.4, 0.5) is 5.69 Å². The third-order valence-electron chi connectivity index (χ3n) is 5.13. The van der Waals surface area contributed by atoms with E-state index in [1.807, 2.05) is 38.1 Å². The van der Waals surface area contributed by atoms with E-state index in [1.54, 1.807) is 55.6 Å². The Bertz CT molecular complexity index is 1160. The lowest BCUT2D eigenvalue weighted by molar-refractivity contribution is 0.0940. The van der Waals surface area contributed by atoms with Crippen LogP contribution in [-0.2, 0) is 10.0 Å².